The fourth-order valence-corrected chi connectivity index (χ4v) is 1.21. The molecule has 0 saturated carbocycles. The highest BCUT2D eigenvalue weighted by Crippen LogP contribution is 2.35. The van der Waals surface area contributed by atoms with Gasteiger partial charge in [0.15, 0.2) is 5.75 Å². The molecule has 0 fully saturated rings. The van der Waals surface area contributed by atoms with Crippen LogP contribution in [0, 0.1) is 6.92 Å². The molecule has 1 aliphatic heterocycles. The third kappa shape index (κ3) is 0.988. The van der Waals surface area contributed by atoms with Gasteiger partial charge >= 0.3 is 0 Å². The van der Waals surface area contributed by atoms with Gasteiger partial charge in [0, 0.05) is 5.56 Å². The van der Waals surface area contributed by atoms with Gasteiger partial charge in [-0.15, -0.1) is 0 Å². The molecular formula is C8H6ClO2. The first-order valence-electron chi connectivity index (χ1n) is 3.22. The molecule has 1 radical (unpaired) electrons. The molecule has 57 valence electrons. The van der Waals surface area contributed by atoms with Gasteiger partial charge in [-0.1, -0.05) is 23.7 Å². The van der Waals surface area contributed by atoms with Crippen molar-refractivity contribution in [1.82, 2.24) is 0 Å². The average Bonchev–Trinajstić information content (AvgIpc) is 2.45. The first-order valence-corrected chi connectivity index (χ1v) is 3.59. The summed E-state index contributed by atoms with van der Waals surface area (Å²) in [6, 6.07) is 3.75. The van der Waals surface area contributed by atoms with E-state index >= 15 is 0 Å². The van der Waals surface area contributed by atoms with Gasteiger partial charge in [0.05, 0.1) is 5.02 Å². The van der Waals surface area contributed by atoms with Crippen LogP contribution in [0.2, 0.25) is 5.02 Å². The first kappa shape index (κ1) is 6.95. The van der Waals surface area contributed by atoms with Crippen LogP contribution in [0.3, 0.4) is 0 Å². The van der Waals surface area contributed by atoms with Crippen LogP contribution in [0.15, 0.2) is 12.1 Å². The first-order chi connectivity index (χ1) is 5.29. The molecule has 1 aliphatic rings. The molecule has 2 rings (SSSR count). The summed E-state index contributed by atoms with van der Waals surface area (Å²) >= 11 is 5.87. The SMILES string of the molecule is [CH2]c1ccc2c(c1Cl)OOC2. The third-order valence-electron chi connectivity index (χ3n) is 1.62. The summed E-state index contributed by atoms with van der Waals surface area (Å²) in [5.74, 6) is 0.610. The Morgan fingerprint density at radius 1 is 1.45 bits per heavy atom. The minimum atomic E-state index is 0.468. The number of hydrogen-bond donors (Lipinski definition) is 0. The van der Waals surface area contributed by atoms with E-state index in [0.717, 1.165) is 11.1 Å². The van der Waals surface area contributed by atoms with Crippen LogP contribution in [-0.4, -0.2) is 0 Å². The maximum absolute atomic E-state index is 5.87. The van der Waals surface area contributed by atoms with Crippen LogP contribution in [0.25, 0.3) is 0 Å². The molecule has 1 heterocycles. The van der Waals surface area contributed by atoms with Gasteiger partial charge in [-0.25, -0.2) is 0 Å². The van der Waals surface area contributed by atoms with E-state index in [9.17, 15) is 0 Å². The van der Waals surface area contributed by atoms with Crippen molar-refractivity contribution >= 4 is 11.6 Å². The minimum Gasteiger partial charge on any atom is -0.335 e. The summed E-state index contributed by atoms with van der Waals surface area (Å²) < 4.78 is 0. The van der Waals surface area contributed by atoms with Gasteiger partial charge in [0.25, 0.3) is 0 Å². The zero-order chi connectivity index (χ0) is 7.84. The fourth-order valence-electron chi connectivity index (χ4n) is 0.992. The predicted octanol–water partition coefficient (Wildman–Crippen LogP) is 2.35. The largest absolute Gasteiger partial charge is 0.335 e. The second-order valence-corrected chi connectivity index (χ2v) is 2.75. The van der Waals surface area contributed by atoms with Gasteiger partial charge in [-0.2, -0.15) is 4.89 Å². The molecular weight excluding hydrogens is 164 g/mol. The highest BCUT2D eigenvalue weighted by Gasteiger charge is 2.18. The fraction of sp³-hybridized carbons (Fsp3) is 0.125. The lowest BCUT2D eigenvalue weighted by atomic mass is 10.1. The Balaban J connectivity index is 2.62. The second-order valence-electron chi connectivity index (χ2n) is 2.37. The van der Waals surface area contributed by atoms with Crippen molar-refractivity contribution in [3.05, 3.63) is 35.2 Å². The lowest BCUT2D eigenvalue weighted by Crippen LogP contribution is -1.84. The molecule has 0 unspecified atom stereocenters. The van der Waals surface area contributed by atoms with Crippen LogP contribution in [0.1, 0.15) is 11.1 Å². The maximum Gasteiger partial charge on any atom is 0.189 e. The smallest absolute Gasteiger partial charge is 0.189 e. The monoisotopic (exact) mass is 169 g/mol. The Kier molecular flexibility index (Phi) is 1.51. The Hall–Kier alpha value is -0.730. The lowest BCUT2D eigenvalue weighted by molar-refractivity contribution is -0.194. The molecule has 0 atom stereocenters. The number of hydrogen-bond acceptors (Lipinski definition) is 2. The highest BCUT2D eigenvalue weighted by atomic mass is 35.5. The molecule has 11 heavy (non-hydrogen) atoms. The Labute approximate surface area is 69.6 Å². The summed E-state index contributed by atoms with van der Waals surface area (Å²) in [5.41, 5.74) is 1.73. The quantitative estimate of drug-likeness (QED) is 0.555. The molecule has 0 aromatic heterocycles. The summed E-state index contributed by atoms with van der Waals surface area (Å²) in [4.78, 5) is 9.58. The Morgan fingerprint density at radius 3 is 3.09 bits per heavy atom. The van der Waals surface area contributed by atoms with Crippen molar-refractivity contribution in [2.24, 2.45) is 0 Å². The van der Waals surface area contributed by atoms with Gasteiger partial charge in [-0.05, 0) is 12.5 Å². The van der Waals surface area contributed by atoms with Crippen molar-refractivity contribution in [3.63, 3.8) is 0 Å². The Bertz CT molecular complexity index is 296. The number of fused-ring (bicyclic) bond motifs is 1. The molecule has 0 aliphatic carbocycles. The number of rotatable bonds is 0. The summed E-state index contributed by atoms with van der Waals surface area (Å²) in [5, 5.41) is 0.542. The molecule has 0 saturated heterocycles. The molecule has 1 aromatic rings. The molecule has 1 aromatic carbocycles. The lowest BCUT2D eigenvalue weighted by Gasteiger charge is -2.00. The van der Waals surface area contributed by atoms with Gasteiger partial charge in [0.2, 0.25) is 0 Å². The number of benzene rings is 1. The zero-order valence-electron chi connectivity index (χ0n) is 5.76. The standard InChI is InChI=1S/C8H6ClO2/c1-5-2-3-6-4-10-11-8(6)7(5)9/h2-3H,1,4H2. The zero-order valence-corrected chi connectivity index (χ0v) is 6.52. The van der Waals surface area contributed by atoms with Gasteiger partial charge < -0.3 is 4.89 Å². The van der Waals surface area contributed by atoms with Crippen LogP contribution < -0.4 is 4.89 Å². The van der Waals surface area contributed by atoms with E-state index in [1.807, 2.05) is 12.1 Å². The second kappa shape index (κ2) is 2.40. The van der Waals surface area contributed by atoms with Crippen molar-refractivity contribution < 1.29 is 9.78 Å². The summed E-state index contributed by atoms with van der Waals surface area (Å²) in [6.45, 7) is 4.20. The van der Waals surface area contributed by atoms with Crippen LogP contribution in [-0.2, 0) is 11.5 Å². The number of halogens is 1. The van der Waals surface area contributed by atoms with Crippen molar-refractivity contribution in [3.8, 4) is 5.75 Å². The van der Waals surface area contributed by atoms with E-state index < -0.39 is 0 Å². The van der Waals surface area contributed by atoms with Crippen LogP contribution in [0.5, 0.6) is 5.75 Å². The van der Waals surface area contributed by atoms with E-state index in [1.54, 1.807) is 0 Å². The predicted molar refractivity (Wildman–Crippen MR) is 41.3 cm³/mol. The van der Waals surface area contributed by atoms with E-state index in [-0.39, 0.29) is 0 Å². The maximum atomic E-state index is 5.87. The minimum absolute atomic E-state index is 0.468. The van der Waals surface area contributed by atoms with Crippen LogP contribution in [0.4, 0.5) is 0 Å². The van der Waals surface area contributed by atoms with E-state index in [2.05, 4.69) is 6.92 Å². The molecule has 0 bridgehead atoms. The van der Waals surface area contributed by atoms with E-state index in [4.69, 9.17) is 21.4 Å². The molecule has 0 amide bonds. The average molecular weight is 170 g/mol. The van der Waals surface area contributed by atoms with Gasteiger partial charge in [-0.3, -0.25) is 0 Å². The van der Waals surface area contributed by atoms with Crippen molar-refractivity contribution in [1.29, 1.82) is 0 Å². The highest BCUT2D eigenvalue weighted by molar-refractivity contribution is 6.33. The normalized spacial score (nSPS) is 14.4. The summed E-state index contributed by atoms with van der Waals surface area (Å²) in [6.07, 6.45) is 0. The van der Waals surface area contributed by atoms with Gasteiger partial charge in [0.1, 0.15) is 6.61 Å². The van der Waals surface area contributed by atoms with Crippen molar-refractivity contribution in [2.75, 3.05) is 0 Å². The summed E-state index contributed by atoms with van der Waals surface area (Å²) in [7, 11) is 0. The topological polar surface area (TPSA) is 18.5 Å². The molecule has 3 heteroatoms. The molecule has 2 nitrogen and oxygen atoms in total. The molecule has 0 N–H and O–H groups in total. The van der Waals surface area contributed by atoms with Crippen molar-refractivity contribution in [2.45, 2.75) is 6.61 Å². The third-order valence-corrected chi connectivity index (χ3v) is 2.03. The molecule has 0 spiro atoms. The van der Waals surface area contributed by atoms with Crippen LogP contribution >= 0.6 is 11.6 Å². The van der Waals surface area contributed by atoms with E-state index in [0.29, 0.717) is 17.4 Å². The van der Waals surface area contributed by atoms with E-state index in [1.165, 1.54) is 0 Å². The Morgan fingerprint density at radius 2 is 2.27 bits per heavy atom.